The molecule has 0 saturated heterocycles. The smallest absolute Gasteiger partial charge is 0.471 e. The Morgan fingerprint density at radius 2 is 1.72 bits per heavy atom. The zero-order valence-corrected chi connectivity index (χ0v) is 13.7. The first kappa shape index (κ1) is 18.8. The summed E-state index contributed by atoms with van der Waals surface area (Å²) < 4.78 is 39.3. The van der Waals surface area contributed by atoms with Gasteiger partial charge < -0.3 is 5.11 Å². The minimum absolute atomic E-state index is 0.00370. The quantitative estimate of drug-likeness (QED) is 0.868. The molecule has 1 amide bonds. The topological polar surface area (TPSA) is 57.6 Å². The van der Waals surface area contributed by atoms with Crippen molar-refractivity contribution in [2.75, 3.05) is 4.90 Å². The van der Waals surface area contributed by atoms with Gasteiger partial charge in [0.25, 0.3) is 0 Å². The SMILES string of the molecule is Cc1cccc(N(C(=O)C(F)(F)F)C(C(=O)O)c2ccc(Cl)cc2)c1. The highest BCUT2D eigenvalue weighted by atomic mass is 35.5. The van der Waals surface area contributed by atoms with Crippen LogP contribution in [0.1, 0.15) is 17.2 Å². The van der Waals surface area contributed by atoms with Gasteiger partial charge in [0.05, 0.1) is 0 Å². The maximum atomic E-state index is 13.1. The van der Waals surface area contributed by atoms with Crippen molar-refractivity contribution in [3.8, 4) is 0 Å². The van der Waals surface area contributed by atoms with E-state index in [-0.39, 0.29) is 21.2 Å². The van der Waals surface area contributed by atoms with E-state index < -0.39 is 24.1 Å². The first-order valence-corrected chi connectivity index (χ1v) is 7.44. The first-order chi connectivity index (χ1) is 11.6. The number of alkyl halides is 3. The van der Waals surface area contributed by atoms with Crippen LogP contribution in [0, 0.1) is 6.92 Å². The Balaban J connectivity index is 2.64. The predicted octanol–water partition coefficient (Wildman–Crippen LogP) is 4.37. The second-order valence-electron chi connectivity index (χ2n) is 5.30. The standard InChI is InChI=1S/C17H13ClF3NO3/c1-10-3-2-4-13(9-10)22(16(25)17(19,20)21)14(15(23)24)11-5-7-12(18)8-6-11/h2-9,14H,1H3,(H,23,24). The highest BCUT2D eigenvalue weighted by Gasteiger charge is 2.47. The minimum atomic E-state index is -5.23. The number of carboxylic acid groups (broad SMARTS) is 1. The molecule has 1 N–H and O–H groups in total. The summed E-state index contributed by atoms with van der Waals surface area (Å²) in [4.78, 5) is 23.9. The maximum Gasteiger partial charge on any atom is 0.471 e. The Morgan fingerprint density at radius 1 is 1.12 bits per heavy atom. The molecule has 0 bridgehead atoms. The summed E-state index contributed by atoms with van der Waals surface area (Å²) in [6.07, 6.45) is -5.23. The van der Waals surface area contributed by atoms with Gasteiger partial charge in [-0.1, -0.05) is 35.9 Å². The second-order valence-corrected chi connectivity index (χ2v) is 5.74. The zero-order valence-electron chi connectivity index (χ0n) is 12.9. The Hall–Kier alpha value is -2.54. The summed E-state index contributed by atoms with van der Waals surface area (Å²) >= 11 is 5.74. The molecule has 0 heterocycles. The Morgan fingerprint density at radius 3 is 2.20 bits per heavy atom. The molecule has 0 fully saturated rings. The van der Waals surface area contributed by atoms with Gasteiger partial charge in [-0.25, -0.2) is 4.79 Å². The summed E-state index contributed by atoms with van der Waals surface area (Å²) in [5, 5.41) is 9.81. The van der Waals surface area contributed by atoms with Gasteiger partial charge in [0.15, 0.2) is 6.04 Å². The number of carboxylic acids is 1. The Kier molecular flexibility index (Phi) is 5.37. The zero-order chi connectivity index (χ0) is 18.8. The molecule has 0 aliphatic carbocycles. The van der Waals surface area contributed by atoms with Crippen molar-refractivity contribution in [3.63, 3.8) is 0 Å². The van der Waals surface area contributed by atoms with Crippen LogP contribution in [0.4, 0.5) is 18.9 Å². The number of hydrogen-bond acceptors (Lipinski definition) is 2. The molecule has 2 aromatic rings. The number of amides is 1. The first-order valence-electron chi connectivity index (χ1n) is 7.06. The van der Waals surface area contributed by atoms with Gasteiger partial charge in [0.1, 0.15) is 0 Å². The van der Waals surface area contributed by atoms with Gasteiger partial charge in [0.2, 0.25) is 0 Å². The molecule has 1 atom stereocenters. The van der Waals surface area contributed by atoms with E-state index in [1.165, 1.54) is 42.5 Å². The van der Waals surface area contributed by atoms with Gasteiger partial charge in [0, 0.05) is 10.7 Å². The lowest BCUT2D eigenvalue weighted by molar-refractivity contribution is -0.171. The third-order valence-corrected chi connectivity index (χ3v) is 3.67. The molecule has 0 spiro atoms. The van der Waals surface area contributed by atoms with E-state index in [4.69, 9.17) is 11.6 Å². The van der Waals surface area contributed by atoms with Crippen molar-refractivity contribution in [1.82, 2.24) is 0 Å². The van der Waals surface area contributed by atoms with Crippen LogP contribution in [-0.4, -0.2) is 23.2 Å². The normalized spacial score (nSPS) is 12.5. The third-order valence-electron chi connectivity index (χ3n) is 3.42. The number of benzene rings is 2. The average molecular weight is 372 g/mol. The molecular formula is C17H13ClF3NO3. The maximum absolute atomic E-state index is 13.1. The molecular weight excluding hydrogens is 359 g/mol. The van der Waals surface area contributed by atoms with Crippen LogP contribution in [0.2, 0.25) is 5.02 Å². The highest BCUT2D eigenvalue weighted by molar-refractivity contribution is 6.30. The average Bonchev–Trinajstić information content (AvgIpc) is 2.52. The molecule has 25 heavy (non-hydrogen) atoms. The van der Waals surface area contributed by atoms with E-state index in [0.29, 0.717) is 5.56 Å². The molecule has 4 nitrogen and oxygen atoms in total. The van der Waals surface area contributed by atoms with Gasteiger partial charge in [-0.05, 0) is 42.3 Å². The van der Waals surface area contributed by atoms with E-state index >= 15 is 0 Å². The largest absolute Gasteiger partial charge is 0.479 e. The monoisotopic (exact) mass is 371 g/mol. The van der Waals surface area contributed by atoms with E-state index in [2.05, 4.69) is 0 Å². The van der Waals surface area contributed by atoms with Crippen LogP contribution < -0.4 is 4.90 Å². The van der Waals surface area contributed by atoms with E-state index in [1.807, 2.05) is 0 Å². The van der Waals surface area contributed by atoms with Crippen molar-refractivity contribution >= 4 is 29.2 Å². The summed E-state index contributed by atoms with van der Waals surface area (Å²) in [6.45, 7) is 1.62. The molecule has 0 saturated carbocycles. The molecule has 0 aliphatic rings. The Bertz CT molecular complexity index is 790. The van der Waals surface area contributed by atoms with E-state index in [0.717, 1.165) is 0 Å². The number of carbonyl (C=O) groups excluding carboxylic acids is 1. The van der Waals surface area contributed by atoms with Crippen LogP contribution in [0.15, 0.2) is 48.5 Å². The number of nitrogens with zero attached hydrogens (tertiary/aromatic N) is 1. The Labute approximate surface area is 146 Å². The number of anilines is 1. The van der Waals surface area contributed by atoms with Crippen molar-refractivity contribution in [1.29, 1.82) is 0 Å². The van der Waals surface area contributed by atoms with Gasteiger partial charge in [-0.3, -0.25) is 9.69 Å². The van der Waals surface area contributed by atoms with Crippen molar-refractivity contribution in [3.05, 3.63) is 64.7 Å². The van der Waals surface area contributed by atoms with Crippen LogP contribution in [-0.2, 0) is 9.59 Å². The lowest BCUT2D eigenvalue weighted by Gasteiger charge is -2.30. The number of aryl methyl sites for hydroxylation is 1. The molecule has 0 radical (unpaired) electrons. The summed E-state index contributed by atoms with van der Waals surface area (Å²) in [6, 6.07) is 9.02. The number of hydrogen-bond donors (Lipinski definition) is 1. The van der Waals surface area contributed by atoms with Gasteiger partial charge in [-0.2, -0.15) is 13.2 Å². The summed E-state index contributed by atoms with van der Waals surface area (Å²) in [5.74, 6) is -3.86. The fraction of sp³-hybridized carbons (Fsp3) is 0.176. The summed E-state index contributed by atoms with van der Waals surface area (Å²) in [5.41, 5.74) is 0.415. The van der Waals surface area contributed by atoms with Crippen LogP contribution in [0.25, 0.3) is 0 Å². The molecule has 0 aromatic heterocycles. The number of aliphatic carboxylic acids is 1. The van der Waals surface area contributed by atoms with Crippen LogP contribution in [0.3, 0.4) is 0 Å². The van der Waals surface area contributed by atoms with Crippen LogP contribution >= 0.6 is 11.6 Å². The number of rotatable bonds is 4. The second kappa shape index (κ2) is 7.14. The van der Waals surface area contributed by atoms with E-state index in [1.54, 1.807) is 13.0 Å². The summed E-state index contributed by atoms with van der Waals surface area (Å²) in [7, 11) is 0. The molecule has 2 aromatic carbocycles. The number of carbonyl (C=O) groups is 2. The fourth-order valence-corrected chi connectivity index (χ4v) is 2.47. The molecule has 2 rings (SSSR count). The molecule has 132 valence electrons. The number of halogens is 4. The minimum Gasteiger partial charge on any atom is -0.479 e. The fourth-order valence-electron chi connectivity index (χ4n) is 2.35. The molecule has 0 aliphatic heterocycles. The van der Waals surface area contributed by atoms with Crippen molar-refractivity contribution in [2.45, 2.75) is 19.1 Å². The predicted molar refractivity (Wildman–Crippen MR) is 86.5 cm³/mol. The molecule has 1 unspecified atom stereocenters. The van der Waals surface area contributed by atoms with Gasteiger partial charge >= 0.3 is 18.1 Å². The van der Waals surface area contributed by atoms with Crippen LogP contribution in [0.5, 0.6) is 0 Å². The van der Waals surface area contributed by atoms with Crippen molar-refractivity contribution < 1.29 is 27.9 Å². The van der Waals surface area contributed by atoms with Crippen molar-refractivity contribution in [2.24, 2.45) is 0 Å². The van der Waals surface area contributed by atoms with E-state index in [9.17, 15) is 27.9 Å². The lowest BCUT2D eigenvalue weighted by Crippen LogP contribution is -2.46. The van der Waals surface area contributed by atoms with Gasteiger partial charge in [-0.15, -0.1) is 0 Å². The third kappa shape index (κ3) is 4.30. The highest BCUT2D eigenvalue weighted by Crippen LogP contribution is 2.33. The lowest BCUT2D eigenvalue weighted by atomic mass is 10.0. The molecule has 8 heteroatoms.